The van der Waals surface area contributed by atoms with Gasteiger partial charge in [-0.15, -0.1) is 10.2 Å². The Bertz CT molecular complexity index is 719. The average molecular weight is 330 g/mol. The Balaban J connectivity index is 2.28. The van der Waals surface area contributed by atoms with Gasteiger partial charge in [-0.25, -0.2) is 8.42 Å². The molecule has 0 aliphatic carbocycles. The highest BCUT2D eigenvalue weighted by Crippen LogP contribution is 2.23. The first kappa shape index (κ1) is 15.9. The molecular weight excluding hydrogens is 312 g/mol. The highest BCUT2D eigenvalue weighted by Gasteiger charge is 2.25. The molecule has 2 rings (SSSR count). The first-order valence-corrected chi connectivity index (χ1v) is 8.69. The molecule has 10 heteroatoms. The minimum atomic E-state index is -3.74. The predicted molar refractivity (Wildman–Crippen MR) is 80.8 cm³/mol. The van der Waals surface area contributed by atoms with E-state index in [1.807, 2.05) is 13.8 Å². The van der Waals surface area contributed by atoms with E-state index in [-0.39, 0.29) is 16.1 Å². The van der Waals surface area contributed by atoms with Crippen LogP contribution in [0.1, 0.15) is 30.2 Å². The van der Waals surface area contributed by atoms with Gasteiger partial charge in [0.15, 0.2) is 0 Å². The molecule has 0 atom stereocenters. The van der Waals surface area contributed by atoms with Gasteiger partial charge < -0.3 is 5.32 Å². The minimum absolute atomic E-state index is 0.156. The zero-order valence-electron chi connectivity index (χ0n) is 12.3. The maximum atomic E-state index is 12.5. The van der Waals surface area contributed by atoms with E-state index in [0.717, 1.165) is 0 Å². The summed E-state index contributed by atoms with van der Waals surface area (Å²) in [5.74, 6) is 0. The molecule has 8 nitrogen and oxygen atoms in total. The molecule has 0 aliphatic heterocycles. The lowest BCUT2D eigenvalue weighted by Crippen LogP contribution is -2.24. The molecule has 2 aromatic heterocycles. The number of aromatic amines is 1. The molecule has 0 radical (unpaired) electrons. The highest BCUT2D eigenvalue weighted by atomic mass is 32.2. The molecule has 0 saturated carbocycles. The zero-order valence-corrected chi connectivity index (χ0v) is 13.9. The molecule has 0 spiro atoms. The van der Waals surface area contributed by atoms with Crippen molar-refractivity contribution in [3.05, 3.63) is 16.4 Å². The third kappa shape index (κ3) is 3.77. The molecule has 2 heterocycles. The van der Waals surface area contributed by atoms with Gasteiger partial charge in [0, 0.05) is 12.6 Å². The van der Waals surface area contributed by atoms with E-state index in [2.05, 4.69) is 30.4 Å². The largest absolute Gasteiger partial charge is 0.309 e. The number of aryl methyl sites for hydroxylation is 2. The number of sulfonamides is 1. The molecule has 3 N–H and O–H groups in total. The van der Waals surface area contributed by atoms with E-state index in [4.69, 9.17) is 0 Å². The molecule has 0 aliphatic rings. The van der Waals surface area contributed by atoms with Crippen molar-refractivity contribution < 1.29 is 8.42 Å². The summed E-state index contributed by atoms with van der Waals surface area (Å²) in [5.41, 5.74) is 0.944. The molecule has 116 valence electrons. The first-order chi connectivity index (χ1) is 9.79. The zero-order chi connectivity index (χ0) is 15.6. The van der Waals surface area contributed by atoms with Gasteiger partial charge in [0.1, 0.15) is 9.90 Å². The van der Waals surface area contributed by atoms with Crippen LogP contribution < -0.4 is 10.0 Å². The molecule has 0 saturated heterocycles. The third-order valence-electron chi connectivity index (χ3n) is 2.66. The fraction of sp³-hybridized carbons (Fsp3) is 0.545. The summed E-state index contributed by atoms with van der Waals surface area (Å²) in [6.45, 7) is 7.77. The maximum absolute atomic E-state index is 12.5. The Morgan fingerprint density at radius 3 is 2.57 bits per heavy atom. The minimum Gasteiger partial charge on any atom is -0.309 e. The third-order valence-corrected chi connectivity index (χ3v) is 5.08. The van der Waals surface area contributed by atoms with E-state index >= 15 is 0 Å². The van der Waals surface area contributed by atoms with E-state index < -0.39 is 10.0 Å². The molecular formula is C11H18N6O2S2. The van der Waals surface area contributed by atoms with Crippen LogP contribution in [0.25, 0.3) is 0 Å². The van der Waals surface area contributed by atoms with Crippen molar-refractivity contribution in [2.24, 2.45) is 0 Å². The van der Waals surface area contributed by atoms with Crippen LogP contribution >= 0.6 is 11.3 Å². The normalized spacial score (nSPS) is 12.0. The van der Waals surface area contributed by atoms with Crippen LogP contribution in [-0.4, -0.2) is 34.9 Å². The van der Waals surface area contributed by atoms with Gasteiger partial charge in [-0.2, -0.15) is 5.10 Å². The number of hydrogen-bond donors (Lipinski definition) is 3. The highest BCUT2D eigenvalue weighted by molar-refractivity contribution is 7.93. The molecule has 0 unspecified atom stereocenters. The van der Waals surface area contributed by atoms with Crippen molar-refractivity contribution in [1.82, 2.24) is 25.7 Å². The van der Waals surface area contributed by atoms with Crippen LogP contribution in [-0.2, 0) is 16.6 Å². The second kappa shape index (κ2) is 6.08. The van der Waals surface area contributed by atoms with E-state index in [0.29, 0.717) is 22.9 Å². The number of anilines is 1. The van der Waals surface area contributed by atoms with Crippen LogP contribution in [0, 0.1) is 13.8 Å². The predicted octanol–water partition coefficient (Wildman–Crippen LogP) is 1.18. The second-order valence-electron chi connectivity index (χ2n) is 4.89. The first-order valence-electron chi connectivity index (χ1n) is 6.39. The van der Waals surface area contributed by atoms with Crippen LogP contribution in [0.5, 0.6) is 0 Å². The summed E-state index contributed by atoms with van der Waals surface area (Å²) >= 11 is 1.18. The lowest BCUT2D eigenvalue weighted by Gasteiger charge is -2.09. The van der Waals surface area contributed by atoms with Gasteiger partial charge in [0.05, 0.1) is 11.4 Å². The van der Waals surface area contributed by atoms with Crippen molar-refractivity contribution >= 4 is 26.5 Å². The monoisotopic (exact) mass is 330 g/mol. The Kier molecular flexibility index (Phi) is 4.59. The van der Waals surface area contributed by atoms with Crippen molar-refractivity contribution in [3.63, 3.8) is 0 Å². The quantitative estimate of drug-likeness (QED) is 0.733. The lowest BCUT2D eigenvalue weighted by atomic mass is 10.3. The van der Waals surface area contributed by atoms with Crippen molar-refractivity contribution in [2.75, 3.05) is 4.72 Å². The molecule has 0 fully saturated rings. The van der Waals surface area contributed by atoms with Crippen molar-refractivity contribution in [2.45, 2.75) is 45.2 Å². The van der Waals surface area contributed by atoms with Gasteiger partial charge in [-0.05, 0) is 13.8 Å². The number of H-pyrrole nitrogens is 1. The topological polar surface area (TPSA) is 113 Å². The molecule has 0 amide bonds. The fourth-order valence-electron chi connectivity index (χ4n) is 1.75. The Labute approximate surface area is 127 Å². The fourth-order valence-corrected chi connectivity index (χ4v) is 3.94. The standard InChI is InChI=1S/C11H18N6O2S2/c1-6(2)12-5-9-10(7(3)13-15-9)21(18,19)17-11-16-14-8(4)20-11/h6,12H,5H2,1-4H3,(H,13,15)(H,16,17). The smallest absolute Gasteiger partial charge is 0.267 e. The number of rotatable bonds is 6. The van der Waals surface area contributed by atoms with Crippen LogP contribution in [0.4, 0.5) is 5.13 Å². The number of aromatic nitrogens is 4. The number of nitrogens with zero attached hydrogens (tertiary/aromatic N) is 3. The van der Waals surface area contributed by atoms with E-state index in [1.54, 1.807) is 13.8 Å². The Morgan fingerprint density at radius 1 is 1.29 bits per heavy atom. The maximum Gasteiger partial charge on any atom is 0.267 e. The SMILES string of the molecule is Cc1nnc(NS(=O)(=O)c2c(CNC(C)C)n[nH]c2C)s1. The summed E-state index contributed by atoms with van der Waals surface area (Å²) in [6, 6.07) is 0.233. The van der Waals surface area contributed by atoms with E-state index in [1.165, 1.54) is 11.3 Å². The van der Waals surface area contributed by atoms with Crippen LogP contribution in [0.3, 0.4) is 0 Å². The molecule has 21 heavy (non-hydrogen) atoms. The summed E-state index contributed by atoms with van der Waals surface area (Å²) in [4.78, 5) is 0.156. The van der Waals surface area contributed by atoms with Gasteiger partial charge in [-0.1, -0.05) is 25.2 Å². The van der Waals surface area contributed by atoms with E-state index in [9.17, 15) is 8.42 Å². The Morgan fingerprint density at radius 2 is 2.00 bits per heavy atom. The van der Waals surface area contributed by atoms with Gasteiger partial charge in [0.2, 0.25) is 5.13 Å². The average Bonchev–Trinajstić information content (AvgIpc) is 2.93. The number of nitrogens with one attached hydrogen (secondary N) is 3. The lowest BCUT2D eigenvalue weighted by molar-refractivity contribution is 0.570. The van der Waals surface area contributed by atoms with Crippen LogP contribution in [0.2, 0.25) is 0 Å². The summed E-state index contributed by atoms with van der Waals surface area (Å²) in [5, 5.41) is 18.4. The van der Waals surface area contributed by atoms with Crippen molar-refractivity contribution in [1.29, 1.82) is 0 Å². The van der Waals surface area contributed by atoms with Crippen molar-refractivity contribution in [3.8, 4) is 0 Å². The molecule has 0 aromatic carbocycles. The van der Waals surface area contributed by atoms with Gasteiger partial charge >= 0.3 is 0 Å². The number of hydrogen-bond acceptors (Lipinski definition) is 7. The van der Waals surface area contributed by atoms with Gasteiger partial charge in [-0.3, -0.25) is 9.82 Å². The molecule has 2 aromatic rings. The summed E-state index contributed by atoms with van der Waals surface area (Å²) < 4.78 is 27.4. The van der Waals surface area contributed by atoms with Crippen LogP contribution in [0.15, 0.2) is 4.90 Å². The van der Waals surface area contributed by atoms with Gasteiger partial charge in [0.25, 0.3) is 10.0 Å². The Hall–Kier alpha value is -1.52. The summed E-state index contributed by atoms with van der Waals surface area (Å²) in [6.07, 6.45) is 0. The molecule has 0 bridgehead atoms. The second-order valence-corrected chi connectivity index (χ2v) is 7.69. The summed E-state index contributed by atoms with van der Waals surface area (Å²) in [7, 11) is -3.74.